The van der Waals surface area contributed by atoms with E-state index in [1.165, 1.54) is 25.3 Å². The lowest BCUT2D eigenvalue weighted by Gasteiger charge is -2.11. The molecule has 2 N–H and O–H groups in total. The quantitative estimate of drug-likeness (QED) is 0.273. The number of hydrogen-bond donors (Lipinski definition) is 2. The molecule has 3 aromatic carbocycles. The standard InChI is InChI=1S/C22H17N3O6/c1-12-9-14(23-21(27)13-7-8-19(30-2)17(10-13)25(28)29)11-15(20(12)26)22-24-16-5-3-4-6-18(16)31-22/h3-11,26H,1-2H3,(H,23,27). The third kappa shape index (κ3) is 3.76. The van der Waals surface area contributed by atoms with Gasteiger partial charge in [0.25, 0.3) is 5.91 Å². The maximum absolute atomic E-state index is 12.7. The number of ether oxygens (including phenoxy) is 1. The van der Waals surface area contributed by atoms with E-state index in [9.17, 15) is 20.0 Å². The van der Waals surface area contributed by atoms with Crippen LogP contribution in [0.4, 0.5) is 11.4 Å². The molecule has 0 aliphatic heterocycles. The third-order valence-corrected chi connectivity index (χ3v) is 4.72. The number of nitrogens with zero attached hydrogens (tertiary/aromatic N) is 2. The summed E-state index contributed by atoms with van der Waals surface area (Å²) in [4.78, 5) is 27.7. The molecule has 0 unspecified atom stereocenters. The van der Waals surface area contributed by atoms with Crippen LogP contribution >= 0.6 is 0 Å². The van der Waals surface area contributed by atoms with Gasteiger partial charge in [0.05, 0.1) is 17.6 Å². The molecule has 0 radical (unpaired) electrons. The first kappa shape index (κ1) is 19.9. The minimum atomic E-state index is -0.619. The first-order valence-electron chi connectivity index (χ1n) is 9.20. The van der Waals surface area contributed by atoms with Gasteiger partial charge in [-0.25, -0.2) is 4.98 Å². The second-order valence-corrected chi connectivity index (χ2v) is 6.77. The molecule has 9 nitrogen and oxygen atoms in total. The molecule has 1 heterocycles. The van der Waals surface area contributed by atoms with Crippen molar-refractivity contribution in [3.63, 3.8) is 0 Å². The topological polar surface area (TPSA) is 128 Å². The van der Waals surface area contributed by atoms with Crippen molar-refractivity contribution < 1.29 is 24.0 Å². The van der Waals surface area contributed by atoms with Crippen LogP contribution in [-0.2, 0) is 0 Å². The Balaban J connectivity index is 1.69. The molecule has 0 atom stereocenters. The van der Waals surface area contributed by atoms with Crippen LogP contribution in [0.25, 0.3) is 22.6 Å². The number of fused-ring (bicyclic) bond motifs is 1. The highest BCUT2D eigenvalue weighted by atomic mass is 16.6. The van der Waals surface area contributed by atoms with Crippen LogP contribution in [0.3, 0.4) is 0 Å². The number of aromatic nitrogens is 1. The van der Waals surface area contributed by atoms with Crippen molar-refractivity contribution >= 4 is 28.4 Å². The number of hydrogen-bond acceptors (Lipinski definition) is 7. The summed E-state index contributed by atoms with van der Waals surface area (Å²) >= 11 is 0. The highest BCUT2D eigenvalue weighted by Gasteiger charge is 2.20. The molecular weight excluding hydrogens is 402 g/mol. The van der Waals surface area contributed by atoms with Crippen molar-refractivity contribution in [1.82, 2.24) is 4.98 Å². The Morgan fingerprint density at radius 3 is 2.68 bits per heavy atom. The van der Waals surface area contributed by atoms with E-state index in [1.807, 2.05) is 12.1 Å². The van der Waals surface area contributed by atoms with Gasteiger partial charge in [-0.15, -0.1) is 0 Å². The number of amides is 1. The Morgan fingerprint density at radius 2 is 1.97 bits per heavy atom. The molecule has 4 aromatic rings. The summed E-state index contributed by atoms with van der Waals surface area (Å²) in [5.74, 6) is -0.317. The smallest absolute Gasteiger partial charge is 0.311 e. The fourth-order valence-corrected chi connectivity index (χ4v) is 3.18. The van der Waals surface area contributed by atoms with Crippen molar-refractivity contribution in [2.24, 2.45) is 0 Å². The van der Waals surface area contributed by atoms with E-state index in [2.05, 4.69) is 10.3 Å². The van der Waals surface area contributed by atoms with Gasteiger partial charge in [-0.1, -0.05) is 12.1 Å². The van der Waals surface area contributed by atoms with Crippen LogP contribution in [0.1, 0.15) is 15.9 Å². The van der Waals surface area contributed by atoms with Gasteiger partial charge in [0.1, 0.15) is 11.3 Å². The van der Waals surface area contributed by atoms with Crippen LogP contribution in [-0.4, -0.2) is 28.0 Å². The number of anilines is 1. The Morgan fingerprint density at radius 1 is 1.19 bits per heavy atom. The van der Waals surface area contributed by atoms with Crippen LogP contribution < -0.4 is 10.1 Å². The number of carbonyl (C=O) groups is 1. The summed E-state index contributed by atoms with van der Waals surface area (Å²) in [5.41, 5.74) is 2.15. The number of nitrogens with one attached hydrogen (secondary N) is 1. The van der Waals surface area contributed by atoms with Gasteiger partial charge >= 0.3 is 5.69 Å². The minimum absolute atomic E-state index is 0.0235. The van der Waals surface area contributed by atoms with Crippen molar-refractivity contribution in [3.8, 4) is 23.0 Å². The lowest BCUT2D eigenvalue weighted by molar-refractivity contribution is -0.385. The van der Waals surface area contributed by atoms with Crippen molar-refractivity contribution in [1.29, 1.82) is 0 Å². The maximum Gasteiger partial charge on any atom is 0.311 e. The molecule has 4 rings (SSSR count). The molecule has 31 heavy (non-hydrogen) atoms. The van der Waals surface area contributed by atoms with Crippen LogP contribution in [0, 0.1) is 17.0 Å². The number of benzene rings is 3. The molecule has 0 saturated heterocycles. The first-order chi connectivity index (χ1) is 14.9. The Kier molecular flexibility index (Phi) is 5.00. The van der Waals surface area contributed by atoms with E-state index in [1.54, 1.807) is 25.1 Å². The van der Waals surface area contributed by atoms with Crippen molar-refractivity contribution in [2.45, 2.75) is 6.92 Å². The number of aromatic hydroxyl groups is 1. The van der Waals surface area contributed by atoms with E-state index in [-0.39, 0.29) is 28.6 Å². The van der Waals surface area contributed by atoms with E-state index >= 15 is 0 Å². The minimum Gasteiger partial charge on any atom is -0.507 e. The fourth-order valence-electron chi connectivity index (χ4n) is 3.18. The second kappa shape index (κ2) is 7.79. The number of carbonyl (C=O) groups excluding carboxylic acids is 1. The Bertz CT molecular complexity index is 1300. The summed E-state index contributed by atoms with van der Waals surface area (Å²) in [7, 11) is 1.31. The highest BCUT2D eigenvalue weighted by molar-refractivity contribution is 6.05. The molecule has 0 bridgehead atoms. The van der Waals surface area contributed by atoms with Crippen molar-refractivity contribution in [3.05, 3.63) is 75.8 Å². The predicted molar refractivity (Wildman–Crippen MR) is 113 cm³/mol. The average Bonchev–Trinajstić information content (AvgIpc) is 3.19. The number of oxazole rings is 1. The van der Waals surface area contributed by atoms with Gasteiger partial charge in [0.2, 0.25) is 5.89 Å². The summed E-state index contributed by atoms with van der Waals surface area (Å²) in [6, 6.07) is 14.2. The van der Waals surface area contributed by atoms with Crippen molar-refractivity contribution in [2.75, 3.05) is 12.4 Å². The number of methoxy groups -OCH3 is 1. The zero-order valence-corrected chi connectivity index (χ0v) is 16.6. The monoisotopic (exact) mass is 419 g/mol. The molecule has 9 heteroatoms. The van der Waals surface area contributed by atoms with Gasteiger partial charge < -0.3 is 19.6 Å². The molecule has 0 aliphatic rings. The summed E-state index contributed by atoms with van der Waals surface area (Å²) < 4.78 is 10.7. The fraction of sp³-hybridized carbons (Fsp3) is 0.0909. The summed E-state index contributed by atoms with van der Waals surface area (Å²) in [6.45, 7) is 1.68. The molecular formula is C22H17N3O6. The lowest BCUT2D eigenvalue weighted by atomic mass is 10.1. The number of nitro groups is 1. The van der Waals surface area contributed by atoms with E-state index < -0.39 is 10.8 Å². The highest BCUT2D eigenvalue weighted by Crippen LogP contribution is 2.36. The van der Waals surface area contributed by atoms with Gasteiger partial charge in [-0.3, -0.25) is 14.9 Å². The third-order valence-electron chi connectivity index (χ3n) is 4.72. The SMILES string of the molecule is COc1ccc(C(=O)Nc2cc(C)c(O)c(-c3nc4ccccc4o3)c2)cc1[N+](=O)[O-]. The second-order valence-electron chi connectivity index (χ2n) is 6.77. The number of para-hydroxylation sites is 2. The number of aryl methyl sites for hydroxylation is 1. The zero-order valence-electron chi connectivity index (χ0n) is 16.6. The van der Waals surface area contributed by atoms with Gasteiger partial charge in [0.15, 0.2) is 11.3 Å². The Labute approximate surface area is 176 Å². The lowest BCUT2D eigenvalue weighted by Crippen LogP contribution is -2.12. The van der Waals surface area contributed by atoms with Crippen LogP contribution in [0.15, 0.2) is 59.0 Å². The van der Waals surface area contributed by atoms with Crippen LogP contribution in [0.5, 0.6) is 11.5 Å². The number of phenols is 1. The van der Waals surface area contributed by atoms with E-state index in [0.29, 0.717) is 27.9 Å². The Hall–Kier alpha value is -4.40. The predicted octanol–water partition coefficient (Wildman–Crippen LogP) is 4.68. The molecule has 156 valence electrons. The number of nitro benzene ring substituents is 1. The molecule has 0 spiro atoms. The molecule has 0 aliphatic carbocycles. The zero-order chi connectivity index (χ0) is 22.1. The van der Waals surface area contributed by atoms with Crippen LogP contribution in [0.2, 0.25) is 0 Å². The molecule has 1 amide bonds. The molecule has 0 fully saturated rings. The molecule has 0 saturated carbocycles. The van der Waals surface area contributed by atoms with Gasteiger partial charge in [-0.2, -0.15) is 0 Å². The summed E-state index contributed by atoms with van der Waals surface area (Å²) in [6.07, 6.45) is 0. The number of rotatable bonds is 5. The average molecular weight is 419 g/mol. The largest absolute Gasteiger partial charge is 0.507 e. The number of phenolic OH excluding ortho intramolecular Hbond substituents is 1. The van der Waals surface area contributed by atoms with Gasteiger partial charge in [-0.05, 0) is 48.9 Å². The normalized spacial score (nSPS) is 10.8. The maximum atomic E-state index is 12.7. The molecule has 1 aromatic heterocycles. The summed E-state index contributed by atoms with van der Waals surface area (Å²) in [5, 5.41) is 24.4. The van der Waals surface area contributed by atoms with E-state index in [0.717, 1.165) is 6.07 Å². The first-order valence-corrected chi connectivity index (χ1v) is 9.20. The van der Waals surface area contributed by atoms with Gasteiger partial charge in [0, 0.05) is 17.3 Å². The van der Waals surface area contributed by atoms with E-state index in [4.69, 9.17) is 9.15 Å².